The van der Waals surface area contributed by atoms with Gasteiger partial charge in [-0.1, -0.05) is 11.6 Å². The maximum Gasteiger partial charge on any atom is 0.240 e. The highest BCUT2D eigenvalue weighted by Gasteiger charge is 2.22. The molecule has 7 heteroatoms. The largest absolute Gasteiger partial charge is 0.315 e. The molecule has 0 aromatic heterocycles. The first-order valence-corrected chi connectivity index (χ1v) is 6.93. The Morgan fingerprint density at radius 2 is 1.94 bits per heavy atom. The van der Waals surface area contributed by atoms with E-state index in [9.17, 15) is 8.42 Å². The predicted molar refractivity (Wildman–Crippen MR) is 70.3 cm³/mol. The van der Waals surface area contributed by atoms with E-state index < -0.39 is 10.0 Å². The first kappa shape index (κ1) is 14.7. The fraction of sp³-hybridized carbons (Fsp3) is 0.400. The van der Waals surface area contributed by atoms with Crippen LogP contribution < -0.4 is 10.0 Å². The van der Waals surface area contributed by atoms with Crippen LogP contribution in [0.25, 0.3) is 0 Å². The van der Waals surface area contributed by atoms with Crippen molar-refractivity contribution in [2.24, 2.45) is 0 Å². The van der Waals surface area contributed by atoms with Crippen molar-refractivity contribution in [3.8, 4) is 0 Å². The Labute approximate surface area is 112 Å². The third kappa shape index (κ3) is 3.82. The maximum absolute atomic E-state index is 11.9. The van der Waals surface area contributed by atoms with E-state index in [1.807, 2.05) is 0 Å². The lowest BCUT2D eigenvalue weighted by molar-refractivity contribution is 0.560. The summed E-state index contributed by atoms with van der Waals surface area (Å²) in [4.78, 5) is 0.254. The van der Waals surface area contributed by atoms with Crippen LogP contribution in [0.15, 0.2) is 29.2 Å². The highest BCUT2D eigenvalue weighted by molar-refractivity contribution is 7.89. The Morgan fingerprint density at radius 3 is 2.47 bits per heavy atom. The normalized spacial score (nSPS) is 19.9. The van der Waals surface area contributed by atoms with Gasteiger partial charge in [-0.3, -0.25) is 0 Å². The number of benzene rings is 1. The van der Waals surface area contributed by atoms with E-state index >= 15 is 0 Å². The van der Waals surface area contributed by atoms with Crippen molar-refractivity contribution in [2.75, 3.05) is 13.1 Å². The number of rotatable bonds is 3. The lowest BCUT2D eigenvalue weighted by Gasteiger charge is -2.11. The Bertz CT molecular complexity index is 456. The van der Waals surface area contributed by atoms with Crippen molar-refractivity contribution >= 4 is 34.0 Å². The molecular formula is C10H14Cl2N2O2S. The minimum absolute atomic E-state index is 0. The molecule has 0 bridgehead atoms. The molecular weight excluding hydrogens is 283 g/mol. The van der Waals surface area contributed by atoms with Crippen molar-refractivity contribution in [1.82, 2.24) is 10.0 Å². The van der Waals surface area contributed by atoms with Gasteiger partial charge in [-0.15, -0.1) is 12.4 Å². The van der Waals surface area contributed by atoms with E-state index in [4.69, 9.17) is 11.6 Å². The van der Waals surface area contributed by atoms with Crippen LogP contribution in [0.3, 0.4) is 0 Å². The van der Waals surface area contributed by atoms with Gasteiger partial charge in [0.1, 0.15) is 0 Å². The molecule has 1 atom stereocenters. The number of hydrogen-bond donors (Lipinski definition) is 2. The van der Waals surface area contributed by atoms with Crippen LogP contribution in [0.5, 0.6) is 0 Å². The van der Waals surface area contributed by atoms with Gasteiger partial charge in [-0.05, 0) is 37.2 Å². The van der Waals surface area contributed by atoms with Gasteiger partial charge in [0.2, 0.25) is 10.0 Å². The number of halogens is 2. The maximum atomic E-state index is 11.9. The minimum Gasteiger partial charge on any atom is -0.315 e. The summed E-state index contributed by atoms with van der Waals surface area (Å²) in [6.45, 7) is 1.54. The average molecular weight is 297 g/mol. The van der Waals surface area contributed by atoms with Gasteiger partial charge in [-0.25, -0.2) is 13.1 Å². The van der Waals surface area contributed by atoms with Crippen molar-refractivity contribution < 1.29 is 8.42 Å². The van der Waals surface area contributed by atoms with Crippen molar-refractivity contribution in [1.29, 1.82) is 0 Å². The van der Waals surface area contributed by atoms with Gasteiger partial charge in [0.05, 0.1) is 4.90 Å². The molecule has 0 amide bonds. The summed E-state index contributed by atoms with van der Waals surface area (Å²) in [5.41, 5.74) is 0. The highest BCUT2D eigenvalue weighted by Crippen LogP contribution is 2.14. The molecule has 1 unspecified atom stereocenters. The third-order valence-corrected chi connectivity index (χ3v) is 4.29. The molecule has 1 fully saturated rings. The van der Waals surface area contributed by atoms with Gasteiger partial charge in [0.25, 0.3) is 0 Å². The molecule has 0 saturated carbocycles. The van der Waals surface area contributed by atoms with E-state index in [1.165, 1.54) is 12.1 Å². The molecule has 1 aromatic carbocycles. The molecule has 2 rings (SSSR count). The molecule has 1 aliphatic rings. The standard InChI is InChI=1S/C10H13ClN2O2S.ClH/c11-8-1-3-10(4-2-8)16(14,15)13-9-5-6-12-7-9;/h1-4,9,12-13H,5-7H2;1H. The summed E-state index contributed by atoms with van der Waals surface area (Å²) in [7, 11) is -3.41. The number of sulfonamides is 1. The molecule has 17 heavy (non-hydrogen) atoms. The van der Waals surface area contributed by atoms with Crippen molar-refractivity contribution in [3.63, 3.8) is 0 Å². The van der Waals surface area contributed by atoms with Crippen LogP contribution in [-0.2, 0) is 10.0 Å². The van der Waals surface area contributed by atoms with E-state index in [0.29, 0.717) is 11.6 Å². The lowest BCUT2D eigenvalue weighted by atomic mass is 10.3. The molecule has 1 aromatic rings. The van der Waals surface area contributed by atoms with Crippen LogP contribution >= 0.6 is 24.0 Å². The molecule has 1 heterocycles. The minimum atomic E-state index is -3.41. The van der Waals surface area contributed by atoms with E-state index in [-0.39, 0.29) is 23.3 Å². The molecule has 96 valence electrons. The lowest BCUT2D eigenvalue weighted by Crippen LogP contribution is -2.36. The predicted octanol–water partition coefficient (Wildman–Crippen LogP) is 1.40. The number of nitrogens with one attached hydrogen (secondary N) is 2. The molecule has 1 saturated heterocycles. The SMILES string of the molecule is Cl.O=S(=O)(NC1CCNC1)c1ccc(Cl)cc1. The fourth-order valence-electron chi connectivity index (χ4n) is 1.66. The van der Waals surface area contributed by atoms with Crippen LogP contribution in [-0.4, -0.2) is 27.5 Å². The molecule has 2 N–H and O–H groups in total. The quantitative estimate of drug-likeness (QED) is 0.886. The van der Waals surface area contributed by atoms with Crippen LogP contribution in [0, 0.1) is 0 Å². The topological polar surface area (TPSA) is 58.2 Å². The first-order valence-electron chi connectivity index (χ1n) is 5.06. The summed E-state index contributed by atoms with van der Waals surface area (Å²) in [6.07, 6.45) is 0.826. The monoisotopic (exact) mass is 296 g/mol. The molecule has 1 aliphatic heterocycles. The van der Waals surface area contributed by atoms with Crippen LogP contribution in [0.4, 0.5) is 0 Å². The Kier molecular flexibility index (Phi) is 5.22. The Balaban J connectivity index is 0.00000144. The van der Waals surface area contributed by atoms with E-state index in [1.54, 1.807) is 12.1 Å². The summed E-state index contributed by atoms with van der Waals surface area (Å²) >= 11 is 5.71. The molecule has 4 nitrogen and oxygen atoms in total. The molecule has 0 spiro atoms. The Hall–Kier alpha value is -0.330. The van der Waals surface area contributed by atoms with Crippen LogP contribution in [0.1, 0.15) is 6.42 Å². The average Bonchev–Trinajstić information content (AvgIpc) is 2.70. The number of hydrogen-bond acceptors (Lipinski definition) is 3. The van der Waals surface area contributed by atoms with Gasteiger partial charge >= 0.3 is 0 Å². The van der Waals surface area contributed by atoms with Crippen molar-refractivity contribution in [3.05, 3.63) is 29.3 Å². The Morgan fingerprint density at radius 1 is 1.29 bits per heavy atom. The zero-order valence-corrected chi connectivity index (χ0v) is 11.4. The smallest absolute Gasteiger partial charge is 0.240 e. The summed E-state index contributed by atoms with van der Waals surface area (Å²) in [5, 5.41) is 3.64. The molecule has 0 aliphatic carbocycles. The van der Waals surface area contributed by atoms with E-state index in [2.05, 4.69) is 10.0 Å². The van der Waals surface area contributed by atoms with E-state index in [0.717, 1.165) is 13.0 Å². The van der Waals surface area contributed by atoms with Gasteiger partial charge in [-0.2, -0.15) is 0 Å². The van der Waals surface area contributed by atoms with Gasteiger partial charge < -0.3 is 5.32 Å². The summed E-state index contributed by atoms with van der Waals surface area (Å²) < 4.78 is 26.5. The van der Waals surface area contributed by atoms with Gasteiger partial charge in [0, 0.05) is 17.6 Å². The van der Waals surface area contributed by atoms with Crippen molar-refractivity contribution in [2.45, 2.75) is 17.4 Å². The first-order chi connectivity index (χ1) is 7.58. The second-order valence-electron chi connectivity index (χ2n) is 3.76. The molecule has 0 radical (unpaired) electrons. The second kappa shape index (κ2) is 6.02. The zero-order chi connectivity index (χ0) is 11.6. The van der Waals surface area contributed by atoms with Gasteiger partial charge in [0.15, 0.2) is 0 Å². The zero-order valence-electron chi connectivity index (χ0n) is 9.02. The second-order valence-corrected chi connectivity index (χ2v) is 5.92. The third-order valence-electron chi connectivity index (χ3n) is 2.51. The highest BCUT2D eigenvalue weighted by atomic mass is 35.5. The van der Waals surface area contributed by atoms with Crippen LogP contribution in [0.2, 0.25) is 5.02 Å². The summed E-state index contributed by atoms with van der Waals surface area (Å²) in [6, 6.07) is 6.15. The summed E-state index contributed by atoms with van der Waals surface area (Å²) in [5.74, 6) is 0. The fourth-order valence-corrected chi connectivity index (χ4v) is 3.05.